The summed E-state index contributed by atoms with van der Waals surface area (Å²) in [6.45, 7) is 1.07. The first kappa shape index (κ1) is 11.4. The van der Waals surface area contributed by atoms with E-state index in [1.807, 2.05) is 0 Å². The fraction of sp³-hybridized carbons (Fsp3) is 0.429. The molecule has 1 aromatic carbocycles. The fourth-order valence-electron chi connectivity index (χ4n) is 2.53. The van der Waals surface area contributed by atoms with Crippen molar-refractivity contribution in [2.75, 3.05) is 6.61 Å². The van der Waals surface area contributed by atoms with Crippen LogP contribution in [0.1, 0.15) is 29.2 Å². The Morgan fingerprint density at radius 2 is 1.94 bits per heavy atom. The van der Waals surface area contributed by atoms with E-state index in [9.17, 15) is 0 Å². The van der Waals surface area contributed by atoms with Crippen LogP contribution < -0.4 is 0 Å². The molecule has 0 spiro atoms. The van der Waals surface area contributed by atoms with E-state index in [0.29, 0.717) is 0 Å². The molecule has 2 heterocycles. The van der Waals surface area contributed by atoms with Gasteiger partial charge in [0.15, 0.2) is 0 Å². The van der Waals surface area contributed by atoms with Gasteiger partial charge in [0.1, 0.15) is 11.6 Å². The lowest BCUT2D eigenvalue weighted by Gasteiger charge is -2.08. The lowest BCUT2D eigenvalue weighted by molar-refractivity contribution is 0.287. The number of benzene rings is 1. The molecular weight excluding hydrogens is 226 g/mol. The van der Waals surface area contributed by atoms with Crippen molar-refractivity contribution in [3.8, 4) is 0 Å². The van der Waals surface area contributed by atoms with Crippen LogP contribution in [0, 0.1) is 0 Å². The van der Waals surface area contributed by atoms with E-state index in [1.54, 1.807) is 0 Å². The van der Waals surface area contributed by atoms with Crippen molar-refractivity contribution < 1.29 is 5.11 Å². The Bertz CT molecular complexity index is 548. The topological polar surface area (TPSA) is 50.9 Å². The van der Waals surface area contributed by atoms with Crippen LogP contribution in [0.2, 0.25) is 0 Å². The minimum absolute atomic E-state index is 0.207. The van der Waals surface area contributed by atoms with E-state index in [0.717, 1.165) is 43.9 Å². The zero-order valence-corrected chi connectivity index (χ0v) is 10.3. The van der Waals surface area contributed by atoms with Crippen LogP contribution in [0.4, 0.5) is 0 Å². The first-order chi connectivity index (χ1) is 8.88. The van der Waals surface area contributed by atoms with Gasteiger partial charge in [-0.05, 0) is 24.0 Å². The Morgan fingerprint density at radius 1 is 1.11 bits per heavy atom. The van der Waals surface area contributed by atoms with E-state index >= 15 is 0 Å². The lowest BCUT2D eigenvalue weighted by Crippen LogP contribution is -2.08. The largest absolute Gasteiger partial charge is 0.396 e. The van der Waals surface area contributed by atoms with Gasteiger partial charge in [0.25, 0.3) is 0 Å². The monoisotopic (exact) mass is 243 g/mol. The molecule has 0 radical (unpaired) electrons. The Kier molecular flexibility index (Phi) is 3.11. The van der Waals surface area contributed by atoms with Crippen molar-refractivity contribution in [2.24, 2.45) is 0 Å². The van der Waals surface area contributed by atoms with Gasteiger partial charge in [-0.2, -0.15) is 0 Å². The molecule has 0 saturated heterocycles. The number of aliphatic hydroxyl groups excluding tert-OH is 1. The van der Waals surface area contributed by atoms with Gasteiger partial charge in [0.2, 0.25) is 0 Å². The van der Waals surface area contributed by atoms with Gasteiger partial charge in [0.05, 0.1) is 6.54 Å². The quantitative estimate of drug-likeness (QED) is 0.885. The minimum Gasteiger partial charge on any atom is -0.396 e. The van der Waals surface area contributed by atoms with Gasteiger partial charge < -0.3 is 9.67 Å². The molecule has 1 N–H and O–H groups in total. The Hall–Kier alpha value is -1.68. The molecule has 18 heavy (non-hydrogen) atoms. The number of aromatic nitrogens is 3. The maximum Gasteiger partial charge on any atom is 0.133 e. The molecule has 4 nitrogen and oxygen atoms in total. The molecular formula is C14H17N3O. The molecule has 0 aliphatic carbocycles. The van der Waals surface area contributed by atoms with Crippen molar-refractivity contribution in [1.82, 2.24) is 14.8 Å². The predicted octanol–water partition coefficient (Wildman–Crippen LogP) is 1.35. The van der Waals surface area contributed by atoms with Gasteiger partial charge in [-0.1, -0.05) is 24.3 Å². The summed E-state index contributed by atoms with van der Waals surface area (Å²) in [5, 5.41) is 17.5. The molecule has 0 amide bonds. The van der Waals surface area contributed by atoms with Crippen molar-refractivity contribution in [3.63, 3.8) is 0 Å². The molecule has 94 valence electrons. The van der Waals surface area contributed by atoms with E-state index in [1.165, 1.54) is 11.1 Å². The molecule has 4 heteroatoms. The molecule has 2 aromatic rings. The van der Waals surface area contributed by atoms with Crippen LogP contribution in [0.5, 0.6) is 0 Å². The molecule has 3 rings (SSSR count). The van der Waals surface area contributed by atoms with Crippen molar-refractivity contribution >= 4 is 0 Å². The summed E-state index contributed by atoms with van der Waals surface area (Å²) < 4.78 is 2.21. The summed E-state index contributed by atoms with van der Waals surface area (Å²) in [6, 6.07) is 8.56. The summed E-state index contributed by atoms with van der Waals surface area (Å²) in [4.78, 5) is 0. The molecule has 0 bridgehead atoms. The maximum atomic E-state index is 8.93. The molecule has 0 atom stereocenters. The number of fused-ring (bicyclic) bond motifs is 2. The summed E-state index contributed by atoms with van der Waals surface area (Å²) >= 11 is 0. The highest BCUT2D eigenvalue weighted by atomic mass is 16.2. The third-order valence-corrected chi connectivity index (χ3v) is 3.53. The molecule has 0 saturated carbocycles. The molecule has 0 unspecified atom stereocenters. The van der Waals surface area contributed by atoms with Gasteiger partial charge in [-0.15, -0.1) is 10.2 Å². The normalized spacial score (nSPS) is 13.8. The second-order valence-electron chi connectivity index (χ2n) is 4.71. The average molecular weight is 243 g/mol. The maximum absolute atomic E-state index is 8.93. The molecule has 0 fully saturated rings. The van der Waals surface area contributed by atoms with Crippen LogP contribution >= 0.6 is 0 Å². The van der Waals surface area contributed by atoms with Crippen molar-refractivity contribution in [3.05, 3.63) is 47.0 Å². The summed E-state index contributed by atoms with van der Waals surface area (Å²) in [6.07, 6.45) is 3.53. The standard InChI is InChI=1S/C14H17N3O/c18-9-3-6-13-15-16-14-8-7-11-4-1-2-5-12(11)10-17(13)14/h1-2,4-5,18H,3,6-10H2. The first-order valence-electron chi connectivity index (χ1n) is 6.47. The zero-order valence-electron chi connectivity index (χ0n) is 10.3. The second kappa shape index (κ2) is 4.90. The van der Waals surface area contributed by atoms with Gasteiger partial charge >= 0.3 is 0 Å². The van der Waals surface area contributed by atoms with Crippen LogP contribution in [0.15, 0.2) is 24.3 Å². The zero-order chi connectivity index (χ0) is 12.4. The molecule has 1 aliphatic rings. The number of aliphatic hydroxyl groups is 1. The number of hydrogen-bond donors (Lipinski definition) is 1. The highest BCUT2D eigenvalue weighted by molar-refractivity contribution is 5.30. The number of rotatable bonds is 3. The Morgan fingerprint density at radius 3 is 2.78 bits per heavy atom. The van der Waals surface area contributed by atoms with Crippen molar-refractivity contribution in [1.29, 1.82) is 0 Å². The SMILES string of the molecule is OCCCc1nnc2n1Cc1ccccc1CC2. The summed E-state index contributed by atoms with van der Waals surface area (Å²) in [5.41, 5.74) is 2.78. The lowest BCUT2D eigenvalue weighted by atomic mass is 10.0. The Balaban J connectivity index is 1.93. The first-order valence-corrected chi connectivity index (χ1v) is 6.47. The number of aryl methyl sites for hydroxylation is 3. The summed E-state index contributed by atoms with van der Waals surface area (Å²) in [5.74, 6) is 2.06. The third kappa shape index (κ3) is 2.04. The minimum atomic E-state index is 0.207. The van der Waals surface area contributed by atoms with Crippen molar-refractivity contribution in [2.45, 2.75) is 32.2 Å². The molecule has 1 aromatic heterocycles. The average Bonchev–Trinajstić information content (AvgIpc) is 2.67. The van der Waals surface area contributed by atoms with Gasteiger partial charge in [0, 0.05) is 19.4 Å². The second-order valence-corrected chi connectivity index (χ2v) is 4.71. The van der Waals surface area contributed by atoms with Crippen LogP contribution in [0.3, 0.4) is 0 Å². The third-order valence-electron chi connectivity index (χ3n) is 3.53. The van der Waals surface area contributed by atoms with Crippen LogP contribution in [0.25, 0.3) is 0 Å². The van der Waals surface area contributed by atoms with Crippen LogP contribution in [-0.4, -0.2) is 26.5 Å². The number of hydrogen-bond acceptors (Lipinski definition) is 3. The smallest absolute Gasteiger partial charge is 0.133 e. The van der Waals surface area contributed by atoms with Gasteiger partial charge in [-0.3, -0.25) is 0 Å². The van der Waals surface area contributed by atoms with E-state index < -0.39 is 0 Å². The highest BCUT2D eigenvalue weighted by Gasteiger charge is 2.17. The van der Waals surface area contributed by atoms with E-state index in [4.69, 9.17) is 5.11 Å². The predicted molar refractivity (Wildman–Crippen MR) is 68.4 cm³/mol. The Labute approximate surface area is 106 Å². The number of nitrogens with zero attached hydrogens (tertiary/aromatic N) is 3. The molecule has 1 aliphatic heterocycles. The highest BCUT2D eigenvalue weighted by Crippen LogP contribution is 2.20. The fourth-order valence-corrected chi connectivity index (χ4v) is 2.53. The van der Waals surface area contributed by atoms with E-state index in [-0.39, 0.29) is 6.61 Å². The summed E-state index contributed by atoms with van der Waals surface area (Å²) in [7, 11) is 0. The van der Waals surface area contributed by atoms with E-state index in [2.05, 4.69) is 39.0 Å². The van der Waals surface area contributed by atoms with Gasteiger partial charge in [-0.25, -0.2) is 0 Å². The van der Waals surface area contributed by atoms with Crippen LogP contribution in [-0.2, 0) is 25.8 Å².